The highest BCUT2D eigenvalue weighted by Crippen LogP contribution is 2.27. The van der Waals surface area contributed by atoms with Gasteiger partial charge in [-0.3, -0.25) is 4.79 Å². The van der Waals surface area contributed by atoms with E-state index in [0.29, 0.717) is 31.2 Å². The zero-order chi connectivity index (χ0) is 16.9. The van der Waals surface area contributed by atoms with Gasteiger partial charge in [0.2, 0.25) is 5.76 Å². The van der Waals surface area contributed by atoms with E-state index in [-0.39, 0.29) is 5.76 Å². The summed E-state index contributed by atoms with van der Waals surface area (Å²) in [7, 11) is 0. The third kappa shape index (κ3) is 3.21. The molecule has 1 amide bonds. The Hall–Kier alpha value is -2.54. The number of nitrogens with zero attached hydrogens (tertiary/aromatic N) is 2. The van der Waals surface area contributed by atoms with Gasteiger partial charge in [-0.2, -0.15) is 4.99 Å². The van der Waals surface area contributed by atoms with Crippen LogP contribution in [0.25, 0.3) is 10.2 Å². The van der Waals surface area contributed by atoms with E-state index in [1.807, 2.05) is 29.7 Å². The van der Waals surface area contributed by atoms with E-state index in [1.165, 1.54) is 17.6 Å². The van der Waals surface area contributed by atoms with Crippen molar-refractivity contribution in [2.24, 2.45) is 4.99 Å². The maximum absolute atomic E-state index is 12.3. The van der Waals surface area contributed by atoms with Crippen LogP contribution in [0.5, 0.6) is 5.75 Å². The first-order valence-electron chi connectivity index (χ1n) is 7.64. The van der Waals surface area contributed by atoms with Crippen molar-refractivity contribution in [3.8, 4) is 5.75 Å². The molecule has 6 nitrogen and oxygen atoms in total. The van der Waals surface area contributed by atoms with Gasteiger partial charge in [-0.15, -0.1) is 6.58 Å². The van der Waals surface area contributed by atoms with Gasteiger partial charge < -0.3 is 18.8 Å². The fourth-order valence-corrected chi connectivity index (χ4v) is 3.43. The van der Waals surface area contributed by atoms with Crippen LogP contribution in [0.1, 0.15) is 6.92 Å². The van der Waals surface area contributed by atoms with Crippen LogP contribution in [0.4, 0.5) is 0 Å². The number of hydrogen-bond acceptors (Lipinski definition) is 5. The van der Waals surface area contributed by atoms with Crippen molar-refractivity contribution in [2.45, 2.75) is 13.5 Å². The number of hydrogen-bond donors (Lipinski definition) is 0. The van der Waals surface area contributed by atoms with Crippen LogP contribution in [0.15, 0.2) is 47.9 Å². The van der Waals surface area contributed by atoms with E-state index in [1.54, 1.807) is 6.08 Å². The Kier molecular flexibility index (Phi) is 5.00. The summed E-state index contributed by atoms with van der Waals surface area (Å²) in [4.78, 5) is 17.1. The van der Waals surface area contributed by atoms with Crippen LogP contribution in [0.2, 0.25) is 0 Å². The lowest BCUT2D eigenvalue weighted by Crippen LogP contribution is -2.19. The van der Waals surface area contributed by atoms with Gasteiger partial charge in [0.1, 0.15) is 30.7 Å². The number of benzene rings is 1. The maximum atomic E-state index is 12.3. The van der Waals surface area contributed by atoms with Gasteiger partial charge in [-0.1, -0.05) is 23.5 Å². The lowest BCUT2D eigenvalue weighted by Gasteiger charge is -2.12. The molecule has 1 aromatic carbocycles. The number of fused-ring (bicyclic) bond motifs is 1. The summed E-state index contributed by atoms with van der Waals surface area (Å²) < 4.78 is 19.0. The number of carbonyl (C=O) groups is 1. The SMILES string of the molecule is C=CCn1c(=NC(=O)C2=COCCO2)sc2cccc(OCC)c21. The third-order valence-corrected chi connectivity index (χ3v) is 4.38. The van der Waals surface area contributed by atoms with Gasteiger partial charge in [0.15, 0.2) is 4.80 Å². The zero-order valence-corrected chi connectivity index (χ0v) is 14.2. The second kappa shape index (κ2) is 7.35. The summed E-state index contributed by atoms with van der Waals surface area (Å²) in [5.74, 6) is 0.421. The van der Waals surface area contributed by atoms with Crippen molar-refractivity contribution >= 4 is 27.5 Å². The molecule has 0 saturated carbocycles. The molecule has 0 spiro atoms. The number of allylic oxidation sites excluding steroid dienone is 1. The molecule has 1 aliphatic rings. The number of thiazole rings is 1. The van der Waals surface area contributed by atoms with Crippen molar-refractivity contribution in [1.29, 1.82) is 0 Å². The molecular formula is C17H18N2O4S. The standard InChI is InChI=1S/C17H18N2O4S/c1-3-8-19-15-12(22-4-2)6-5-7-14(15)24-17(19)18-16(20)13-11-21-9-10-23-13/h3,5-7,11H,1,4,8-10H2,2H3. The molecule has 2 heterocycles. The highest BCUT2D eigenvalue weighted by molar-refractivity contribution is 7.16. The smallest absolute Gasteiger partial charge is 0.317 e. The second-order valence-electron chi connectivity index (χ2n) is 4.94. The van der Waals surface area contributed by atoms with Crippen molar-refractivity contribution < 1.29 is 19.0 Å². The Bertz CT molecular complexity index is 863. The van der Waals surface area contributed by atoms with Gasteiger partial charge in [-0.05, 0) is 19.1 Å². The second-order valence-corrected chi connectivity index (χ2v) is 5.95. The molecule has 3 rings (SSSR count). The molecule has 0 saturated heterocycles. The minimum absolute atomic E-state index is 0.119. The van der Waals surface area contributed by atoms with Crippen molar-refractivity contribution in [1.82, 2.24) is 4.57 Å². The fourth-order valence-electron chi connectivity index (χ4n) is 2.38. The summed E-state index contributed by atoms with van der Waals surface area (Å²) in [6, 6.07) is 5.81. The molecule has 0 radical (unpaired) electrons. The molecule has 0 aliphatic carbocycles. The van der Waals surface area contributed by atoms with Crippen molar-refractivity contribution in [2.75, 3.05) is 19.8 Å². The Morgan fingerprint density at radius 1 is 1.50 bits per heavy atom. The molecule has 0 atom stereocenters. The minimum Gasteiger partial charge on any atom is -0.494 e. The summed E-state index contributed by atoms with van der Waals surface area (Å²) in [5.41, 5.74) is 0.908. The number of rotatable bonds is 5. The first-order chi connectivity index (χ1) is 11.7. The lowest BCUT2D eigenvalue weighted by atomic mass is 10.3. The van der Waals surface area contributed by atoms with Gasteiger partial charge in [0.05, 0.1) is 11.3 Å². The summed E-state index contributed by atoms with van der Waals surface area (Å²) in [5, 5.41) is 0. The molecule has 24 heavy (non-hydrogen) atoms. The number of ether oxygens (including phenoxy) is 3. The van der Waals surface area contributed by atoms with E-state index < -0.39 is 5.91 Å². The van der Waals surface area contributed by atoms with Gasteiger partial charge in [-0.25, -0.2) is 0 Å². The average molecular weight is 346 g/mol. The topological polar surface area (TPSA) is 62.1 Å². The highest BCUT2D eigenvalue weighted by Gasteiger charge is 2.16. The molecule has 126 valence electrons. The first kappa shape index (κ1) is 16.3. The quantitative estimate of drug-likeness (QED) is 0.781. The van der Waals surface area contributed by atoms with Crippen LogP contribution in [-0.2, 0) is 20.8 Å². The molecule has 0 unspecified atom stereocenters. The predicted molar refractivity (Wildman–Crippen MR) is 91.7 cm³/mol. The van der Waals surface area contributed by atoms with Crippen LogP contribution in [-0.4, -0.2) is 30.3 Å². The predicted octanol–water partition coefficient (Wildman–Crippen LogP) is 2.60. The van der Waals surface area contributed by atoms with Crippen LogP contribution < -0.4 is 9.54 Å². The number of para-hydroxylation sites is 1. The number of carbonyl (C=O) groups excluding carboxylic acids is 1. The average Bonchev–Trinajstić information content (AvgIpc) is 2.95. The molecule has 0 N–H and O–H groups in total. The van der Waals surface area contributed by atoms with Crippen LogP contribution in [0.3, 0.4) is 0 Å². The normalized spacial score (nSPS) is 14.7. The van der Waals surface area contributed by atoms with E-state index in [4.69, 9.17) is 14.2 Å². The molecule has 1 aliphatic heterocycles. The molecule has 7 heteroatoms. The monoisotopic (exact) mass is 346 g/mol. The summed E-state index contributed by atoms with van der Waals surface area (Å²) in [6.45, 7) is 7.59. The van der Waals surface area contributed by atoms with Crippen LogP contribution >= 0.6 is 11.3 Å². The maximum Gasteiger partial charge on any atom is 0.317 e. The Labute approximate surface area is 143 Å². The van der Waals surface area contributed by atoms with E-state index in [0.717, 1.165) is 16.0 Å². The molecule has 2 aromatic rings. The van der Waals surface area contributed by atoms with E-state index >= 15 is 0 Å². The molecular weight excluding hydrogens is 328 g/mol. The largest absolute Gasteiger partial charge is 0.494 e. The first-order valence-corrected chi connectivity index (χ1v) is 8.46. The lowest BCUT2D eigenvalue weighted by molar-refractivity contribution is -0.119. The minimum atomic E-state index is -0.461. The van der Waals surface area contributed by atoms with E-state index in [9.17, 15) is 4.79 Å². The highest BCUT2D eigenvalue weighted by atomic mass is 32.1. The summed E-state index contributed by atoms with van der Waals surface area (Å²) >= 11 is 1.42. The van der Waals surface area contributed by atoms with Crippen LogP contribution in [0, 0.1) is 0 Å². The van der Waals surface area contributed by atoms with Crippen molar-refractivity contribution in [3.05, 3.63) is 47.7 Å². The number of aromatic nitrogens is 1. The molecule has 1 aromatic heterocycles. The zero-order valence-electron chi connectivity index (χ0n) is 13.4. The van der Waals surface area contributed by atoms with Gasteiger partial charge in [0.25, 0.3) is 0 Å². The molecule has 0 fully saturated rings. The Morgan fingerprint density at radius 2 is 2.38 bits per heavy atom. The van der Waals surface area contributed by atoms with Gasteiger partial charge in [0, 0.05) is 6.54 Å². The van der Waals surface area contributed by atoms with Crippen molar-refractivity contribution in [3.63, 3.8) is 0 Å². The molecule has 0 bridgehead atoms. The van der Waals surface area contributed by atoms with Gasteiger partial charge >= 0.3 is 5.91 Å². The Balaban J connectivity index is 2.13. The Morgan fingerprint density at radius 3 is 3.08 bits per heavy atom. The third-order valence-electron chi connectivity index (χ3n) is 3.33. The summed E-state index contributed by atoms with van der Waals surface area (Å²) in [6.07, 6.45) is 3.07. The van der Waals surface area contributed by atoms with E-state index in [2.05, 4.69) is 11.6 Å². The fraction of sp³-hybridized carbons (Fsp3) is 0.294. The number of amides is 1.